The van der Waals surface area contributed by atoms with E-state index in [1.165, 1.54) is 12.1 Å². The Balaban J connectivity index is 1.44. The third kappa shape index (κ3) is 5.43. The van der Waals surface area contributed by atoms with Crippen LogP contribution in [0, 0.1) is 18.6 Å². The van der Waals surface area contributed by atoms with Gasteiger partial charge >= 0.3 is 0 Å². The first kappa shape index (κ1) is 26.3. The van der Waals surface area contributed by atoms with Crippen LogP contribution in [-0.2, 0) is 10.0 Å². The minimum Gasteiger partial charge on any atom is -0.393 e. The third-order valence-electron chi connectivity index (χ3n) is 6.67. The molecule has 1 fully saturated rings. The molecule has 1 aromatic heterocycles. The second-order valence-corrected chi connectivity index (χ2v) is 11.5. The molecule has 0 saturated heterocycles. The number of halogens is 3. The monoisotopic (exact) mass is 558 g/mol. The van der Waals surface area contributed by atoms with E-state index < -0.39 is 27.3 Å². The van der Waals surface area contributed by atoms with Gasteiger partial charge in [-0.15, -0.1) is 0 Å². The smallest absolute Gasteiger partial charge is 0.262 e. The van der Waals surface area contributed by atoms with Crippen molar-refractivity contribution in [1.82, 2.24) is 9.97 Å². The molecule has 0 amide bonds. The lowest BCUT2D eigenvalue weighted by molar-refractivity contribution is 0.126. The number of aliphatic hydroxyl groups is 1. The van der Waals surface area contributed by atoms with E-state index in [4.69, 9.17) is 11.6 Å². The van der Waals surface area contributed by atoms with Crippen molar-refractivity contribution in [3.05, 3.63) is 76.9 Å². The molecule has 3 aromatic carbocycles. The van der Waals surface area contributed by atoms with Crippen LogP contribution >= 0.6 is 11.6 Å². The first-order valence-electron chi connectivity index (χ1n) is 12.1. The summed E-state index contributed by atoms with van der Waals surface area (Å²) in [6, 6.07) is 11.3. The molecule has 0 aliphatic heterocycles. The van der Waals surface area contributed by atoms with Gasteiger partial charge in [0.15, 0.2) is 5.82 Å². The summed E-state index contributed by atoms with van der Waals surface area (Å²) < 4.78 is 58.5. The second-order valence-electron chi connectivity index (χ2n) is 9.42. The Labute approximate surface area is 224 Å². The maximum Gasteiger partial charge on any atom is 0.262 e. The summed E-state index contributed by atoms with van der Waals surface area (Å²) in [5, 5.41) is 13.7. The highest BCUT2D eigenvalue weighted by molar-refractivity contribution is 7.92. The van der Waals surface area contributed by atoms with Gasteiger partial charge in [0.2, 0.25) is 5.95 Å². The molecule has 1 saturated carbocycles. The topological polar surface area (TPSA) is 104 Å². The maximum absolute atomic E-state index is 15.5. The second kappa shape index (κ2) is 10.4. The minimum atomic E-state index is -4.19. The van der Waals surface area contributed by atoms with Crippen LogP contribution in [0.2, 0.25) is 5.02 Å². The molecule has 5 rings (SSSR count). The number of sulfonamides is 1. The van der Waals surface area contributed by atoms with Gasteiger partial charge in [-0.25, -0.2) is 27.2 Å². The Hall–Kier alpha value is -3.34. The van der Waals surface area contributed by atoms with Crippen LogP contribution in [-0.4, -0.2) is 35.6 Å². The molecule has 11 heteroatoms. The number of benzene rings is 3. The summed E-state index contributed by atoms with van der Waals surface area (Å²) in [4.78, 5) is 8.74. The number of fused-ring (bicyclic) bond motifs is 1. The zero-order valence-corrected chi connectivity index (χ0v) is 22.0. The largest absolute Gasteiger partial charge is 0.393 e. The van der Waals surface area contributed by atoms with Gasteiger partial charge in [-0.05, 0) is 80.1 Å². The third-order valence-corrected chi connectivity index (χ3v) is 8.42. The maximum atomic E-state index is 15.5. The lowest BCUT2D eigenvalue weighted by Gasteiger charge is -2.26. The van der Waals surface area contributed by atoms with Crippen LogP contribution in [0.4, 0.5) is 20.4 Å². The predicted octanol–water partition coefficient (Wildman–Crippen LogP) is 6.05. The Kier molecular flexibility index (Phi) is 7.21. The fourth-order valence-corrected chi connectivity index (χ4v) is 6.19. The SMILES string of the molecule is Cc1ccc(Cl)cc1S(=O)(=O)Nc1ccc(F)c(-c2ccc3nc(N[C@H]4CC[C@@H](O)CC4)ncc3c2)c1F. The van der Waals surface area contributed by atoms with Crippen LogP contribution in [0.3, 0.4) is 0 Å². The molecule has 198 valence electrons. The molecule has 0 atom stereocenters. The Bertz CT molecular complexity index is 1630. The van der Waals surface area contributed by atoms with Crippen molar-refractivity contribution in [3.63, 3.8) is 0 Å². The Morgan fingerprint density at radius 2 is 1.79 bits per heavy atom. The minimum absolute atomic E-state index is 0.105. The zero-order chi connectivity index (χ0) is 27.0. The highest BCUT2D eigenvalue weighted by Gasteiger charge is 2.23. The van der Waals surface area contributed by atoms with Crippen molar-refractivity contribution in [1.29, 1.82) is 0 Å². The number of nitrogens with one attached hydrogen (secondary N) is 2. The average Bonchev–Trinajstić information content (AvgIpc) is 2.88. The van der Waals surface area contributed by atoms with E-state index in [9.17, 15) is 17.9 Å². The van der Waals surface area contributed by atoms with Gasteiger partial charge < -0.3 is 10.4 Å². The van der Waals surface area contributed by atoms with E-state index in [-0.39, 0.29) is 33.2 Å². The molecule has 0 spiro atoms. The molecule has 4 aromatic rings. The van der Waals surface area contributed by atoms with Crippen LogP contribution < -0.4 is 10.0 Å². The number of aryl methyl sites for hydroxylation is 1. The van der Waals surface area contributed by atoms with Gasteiger partial charge in [0.1, 0.15) is 5.82 Å². The van der Waals surface area contributed by atoms with E-state index in [2.05, 4.69) is 20.0 Å². The van der Waals surface area contributed by atoms with Crippen molar-refractivity contribution >= 4 is 44.2 Å². The molecule has 0 unspecified atom stereocenters. The molecule has 1 heterocycles. The fraction of sp³-hybridized carbons (Fsp3) is 0.259. The zero-order valence-electron chi connectivity index (χ0n) is 20.4. The molecule has 3 N–H and O–H groups in total. The number of aromatic nitrogens is 2. The van der Waals surface area contributed by atoms with Crippen LogP contribution in [0.25, 0.3) is 22.0 Å². The molecular weight excluding hydrogens is 534 g/mol. The van der Waals surface area contributed by atoms with Gasteiger partial charge in [0, 0.05) is 22.6 Å². The first-order chi connectivity index (χ1) is 18.1. The van der Waals surface area contributed by atoms with Crippen molar-refractivity contribution in [2.45, 2.75) is 49.6 Å². The standard InChI is InChI=1S/C27H25ClF2N4O3S/c1-15-2-4-18(28)13-24(15)38(36,37)34-23-11-9-21(29)25(26(23)30)16-3-10-22-17(12-16)14-31-27(33-22)32-19-5-7-20(35)8-6-19/h2-4,9-14,19-20,34-35H,5-8H2,1H3,(H,31,32,33)/t19-,20+. The van der Waals surface area contributed by atoms with E-state index >= 15 is 4.39 Å². The molecule has 7 nitrogen and oxygen atoms in total. The molecule has 38 heavy (non-hydrogen) atoms. The molecular formula is C27H25ClF2N4O3S. The lowest BCUT2D eigenvalue weighted by Crippen LogP contribution is -2.28. The summed E-state index contributed by atoms with van der Waals surface area (Å²) in [5.41, 5.74) is 0.440. The number of nitrogens with zero attached hydrogens (tertiary/aromatic N) is 2. The van der Waals surface area contributed by atoms with Crippen LogP contribution in [0.1, 0.15) is 31.2 Å². The number of rotatable bonds is 6. The normalized spacial score (nSPS) is 17.9. The van der Waals surface area contributed by atoms with Gasteiger partial charge in [-0.1, -0.05) is 23.7 Å². The molecule has 0 radical (unpaired) electrons. The Morgan fingerprint density at radius 1 is 1.03 bits per heavy atom. The van der Waals surface area contributed by atoms with Crippen LogP contribution in [0.5, 0.6) is 0 Å². The fourth-order valence-electron chi connectivity index (χ4n) is 4.62. The van der Waals surface area contributed by atoms with Crippen molar-refractivity contribution in [2.75, 3.05) is 10.0 Å². The highest BCUT2D eigenvalue weighted by Crippen LogP contribution is 2.34. The summed E-state index contributed by atoms with van der Waals surface area (Å²) in [7, 11) is -4.19. The van der Waals surface area contributed by atoms with Crippen molar-refractivity contribution in [3.8, 4) is 11.1 Å². The summed E-state index contributed by atoms with van der Waals surface area (Å²) in [6.07, 6.45) is 4.38. The van der Waals surface area contributed by atoms with E-state index in [0.717, 1.165) is 37.8 Å². The van der Waals surface area contributed by atoms with E-state index in [1.54, 1.807) is 37.4 Å². The quantitative estimate of drug-likeness (QED) is 0.266. The molecule has 1 aliphatic rings. The average molecular weight is 559 g/mol. The van der Waals surface area contributed by atoms with Gasteiger partial charge in [-0.3, -0.25) is 4.72 Å². The van der Waals surface area contributed by atoms with E-state index in [0.29, 0.717) is 22.4 Å². The Morgan fingerprint density at radius 3 is 2.55 bits per heavy atom. The summed E-state index contributed by atoms with van der Waals surface area (Å²) >= 11 is 5.96. The van der Waals surface area contributed by atoms with Crippen molar-refractivity contribution in [2.24, 2.45) is 0 Å². The number of hydrogen-bond donors (Lipinski definition) is 3. The lowest BCUT2D eigenvalue weighted by atomic mass is 9.93. The van der Waals surface area contributed by atoms with Crippen molar-refractivity contribution < 1.29 is 22.3 Å². The van der Waals surface area contributed by atoms with E-state index in [1.807, 2.05) is 0 Å². The number of aliphatic hydroxyl groups excluding tert-OH is 1. The van der Waals surface area contributed by atoms with Gasteiger partial charge in [-0.2, -0.15) is 0 Å². The first-order valence-corrected chi connectivity index (χ1v) is 14.0. The summed E-state index contributed by atoms with van der Waals surface area (Å²) in [5.74, 6) is -1.45. The van der Waals surface area contributed by atoms with Gasteiger partial charge in [0.05, 0.1) is 27.8 Å². The van der Waals surface area contributed by atoms with Gasteiger partial charge in [0.25, 0.3) is 10.0 Å². The highest BCUT2D eigenvalue weighted by atomic mass is 35.5. The molecule has 0 bridgehead atoms. The summed E-state index contributed by atoms with van der Waals surface area (Å²) in [6.45, 7) is 1.59. The van der Waals surface area contributed by atoms with Crippen LogP contribution in [0.15, 0.2) is 59.6 Å². The molecule has 1 aliphatic carbocycles. The number of hydrogen-bond acceptors (Lipinski definition) is 6. The number of anilines is 2. The predicted molar refractivity (Wildman–Crippen MR) is 144 cm³/mol.